The summed E-state index contributed by atoms with van der Waals surface area (Å²) in [5, 5.41) is 3.40. The highest BCUT2D eigenvalue weighted by atomic mass is 16.3. The van der Waals surface area contributed by atoms with Crippen LogP contribution in [0, 0.1) is 12.8 Å². The van der Waals surface area contributed by atoms with E-state index >= 15 is 0 Å². The molecule has 2 aromatic rings. The van der Waals surface area contributed by atoms with Gasteiger partial charge in [0.25, 0.3) is 0 Å². The Kier molecular flexibility index (Phi) is 5.45. The number of benzene rings is 1. The Morgan fingerprint density at radius 3 is 2.38 bits per heavy atom. The van der Waals surface area contributed by atoms with E-state index in [1.165, 1.54) is 11.3 Å². The zero-order chi connectivity index (χ0) is 15.2. The van der Waals surface area contributed by atoms with Crippen molar-refractivity contribution >= 4 is 5.69 Å². The summed E-state index contributed by atoms with van der Waals surface area (Å²) in [4.78, 5) is 2.20. The van der Waals surface area contributed by atoms with E-state index in [9.17, 15) is 0 Å². The van der Waals surface area contributed by atoms with Crippen LogP contribution >= 0.6 is 0 Å². The van der Waals surface area contributed by atoms with Crippen molar-refractivity contribution in [3.8, 4) is 0 Å². The van der Waals surface area contributed by atoms with Gasteiger partial charge in [0.2, 0.25) is 0 Å². The molecule has 2 rings (SSSR count). The molecule has 1 heterocycles. The molecule has 0 aliphatic carbocycles. The van der Waals surface area contributed by atoms with Gasteiger partial charge in [0.15, 0.2) is 0 Å². The molecule has 0 saturated carbocycles. The number of hydrogen-bond donors (Lipinski definition) is 1. The topological polar surface area (TPSA) is 28.4 Å². The van der Waals surface area contributed by atoms with Gasteiger partial charge in [0.1, 0.15) is 11.5 Å². The van der Waals surface area contributed by atoms with Gasteiger partial charge in [-0.1, -0.05) is 31.5 Å². The average molecular weight is 286 g/mol. The van der Waals surface area contributed by atoms with Gasteiger partial charge in [0, 0.05) is 12.7 Å². The summed E-state index contributed by atoms with van der Waals surface area (Å²) in [6, 6.07) is 12.7. The smallest absolute Gasteiger partial charge is 0.123 e. The standard InChI is InChI=1S/C18H26N2O/c1-14(2)11-19-12-17-9-10-18(21-17)13-20(4)16-7-5-15(3)6-8-16/h5-10,14,19H,11-13H2,1-4H3. The number of furan rings is 1. The molecule has 3 nitrogen and oxygen atoms in total. The highest BCUT2D eigenvalue weighted by Crippen LogP contribution is 2.17. The van der Waals surface area contributed by atoms with Crippen LogP contribution < -0.4 is 10.2 Å². The van der Waals surface area contributed by atoms with Crippen molar-refractivity contribution in [3.05, 3.63) is 53.5 Å². The molecular weight excluding hydrogens is 260 g/mol. The third-order valence-electron chi connectivity index (χ3n) is 3.44. The first kappa shape index (κ1) is 15.6. The van der Waals surface area contributed by atoms with Crippen molar-refractivity contribution in [2.45, 2.75) is 33.9 Å². The first-order valence-corrected chi connectivity index (χ1v) is 7.60. The zero-order valence-electron chi connectivity index (χ0n) is 13.5. The van der Waals surface area contributed by atoms with Crippen molar-refractivity contribution in [2.75, 3.05) is 18.5 Å². The predicted molar refractivity (Wildman–Crippen MR) is 88.5 cm³/mol. The van der Waals surface area contributed by atoms with Crippen LogP contribution in [0.2, 0.25) is 0 Å². The van der Waals surface area contributed by atoms with E-state index in [1.54, 1.807) is 0 Å². The van der Waals surface area contributed by atoms with Gasteiger partial charge >= 0.3 is 0 Å². The number of rotatable bonds is 7. The number of anilines is 1. The number of hydrogen-bond acceptors (Lipinski definition) is 3. The maximum atomic E-state index is 5.88. The Balaban J connectivity index is 1.88. The monoisotopic (exact) mass is 286 g/mol. The minimum absolute atomic E-state index is 0.659. The van der Waals surface area contributed by atoms with Gasteiger partial charge in [-0.3, -0.25) is 0 Å². The van der Waals surface area contributed by atoms with Gasteiger partial charge < -0.3 is 14.6 Å². The summed E-state index contributed by atoms with van der Waals surface area (Å²) in [6.45, 7) is 9.11. The third kappa shape index (κ3) is 4.94. The molecule has 0 spiro atoms. The van der Waals surface area contributed by atoms with Gasteiger partial charge in [-0.25, -0.2) is 0 Å². The van der Waals surface area contributed by atoms with E-state index in [0.29, 0.717) is 5.92 Å². The van der Waals surface area contributed by atoms with E-state index in [-0.39, 0.29) is 0 Å². The van der Waals surface area contributed by atoms with Crippen molar-refractivity contribution in [2.24, 2.45) is 5.92 Å². The molecule has 21 heavy (non-hydrogen) atoms. The molecule has 0 unspecified atom stereocenters. The lowest BCUT2D eigenvalue weighted by molar-refractivity contribution is 0.435. The highest BCUT2D eigenvalue weighted by molar-refractivity contribution is 5.46. The lowest BCUT2D eigenvalue weighted by atomic mass is 10.2. The van der Waals surface area contributed by atoms with Crippen molar-refractivity contribution in [1.29, 1.82) is 0 Å². The summed E-state index contributed by atoms with van der Waals surface area (Å²) >= 11 is 0. The summed E-state index contributed by atoms with van der Waals surface area (Å²) in [5.41, 5.74) is 2.49. The lowest BCUT2D eigenvalue weighted by Gasteiger charge is -2.18. The molecule has 1 aromatic carbocycles. The van der Waals surface area contributed by atoms with Gasteiger partial charge in [0.05, 0.1) is 13.1 Å². The Morgan fingerprint density at radius 1 is 1.05 bits per heavy atom. The predicted octanol–water partition coefficient (Wildman–Crippen LogP) is 3.97. The lowest BCUT2D eigenvalue weighted by Crippen LogP contribution is -2.18. The van der Waals surface area contributed by atoms with Crippen LogP contribution in [0.5, 0.6) is 0 Å². The fourth-order valence-electron chi connectivity index (χ4n) is 2.21. The quantitative estimate of drug-likeness (QED) is 0.835. The molecule has 0 saturated heterocycles. The molecule has 114 valence electrons. The van der Waals surface area contributed by atoms with Crippen LogP contribution in [0.15, 0.2) is 40.8 Å². The second-order valence-corrected chi connectivity index (χ2v) is 6.08. The highest BCUT2D eigenvalue weighted by Gasteiger charge is 2.06. The molecule has 0 amide bonds. The Hall–Kier alpha value is -1.74. The van der Waals surface area contributed by atoms with Crippen LogP contribution in [0.1, 0.15) is 30.9 Å². The summed E-state index contributed by atoms with van der Waals surface area (Å²) in [7, 11) is 2.09. The molecule has 0 aliphatic heterocycles. The summed E-state index contributed by atoms with van der Waals surface area (Å²) < 4.78 is 5.88. The van der Waals surface area contributed by atoms with Gasteiger partial charge in [-0.2, -0.15) is 0 Å². The summed E-state index contributed by atoms with van der Waals surface area (Å²) in [6.07, 6.45) is 0. The molecular formula is C18H26N2O. The van der Waals surface area contributed by atoms with Crippen molar-refractivity contribution < 1.29 is 4.42 Å². The van der Waals surface area contributed by atoms with E-state index in [4.69, 9.17) is 4.42 Å². The number of nitrogens with one attached hydrogen (secondary N) is 1. The van der Waals surface area contributed by atoms with Crippen LogP contribution in [0.3, 0.4) is 0 Å². The molecule has 0 aliphatic rings. The first-order valence-electron chi connectivity index (χ1n) is 7.60. The largest absolute Gasteiger partial charge is 0.463 e. The molecule has 0 radical (unpaired) electrons. The van der Waals surface area contributed by atoms with E-state index in [0.717, 1.165) is 31.2 Å². The summed E-state index contributed by atoms with van der Waals surface area (Å²) in [5.74, 6) is 2.66. The molecule has 0 bridgehead atoms. The average Bonchev–Trinajstić information content (AvgIpc) is 2.86. The second-order valence-electron chi connectivity index (χ2n) is 6.08. The maximum absolute atomic E-state index is 5.88. The fourth-order valence-corrected chi connectivity index (χ4v) is 2.21. The molecule has 1 N–H and O–H groups in total. The number of aryl methyl sites for hydroxylation is 1. The van der Waals surface area contributed by atoms with E-state index < -0.39 is 0 Å². The Bertz CT molecular complexity index is 543. The van der Waals surface area contributed by atoms with Crippen LogP contribution in [-0.4, -0.2) is 13.6 Å². The Morgan fingerprint density at radius 2 is 1.71 bits per heavy atom. The first-order chi connectivity index (χ1) is 10.0. The molecule has 0 atom stereocenters. The Labute approximate surface area is 128 Å². The van der Waals surface area contributed by atoms with Gasteiger partial charge in [-0.15, -0.1) is 0 Å². The second kappa shape index (κ2) is 7.32. The molecule has 1 aromatic heterocycles. The van der Waals surface area contributed by atoms with Crippen molar-refractivity contribution in [3.63, 3.8) is 0 Å². The van der Waals surface area contributed by atoms with E-state index in [1.807, 2.05) is 0 Å². The van der Waals surface area contributed by atoms with E-state index in [2.05, 4.69) is 74.4 Å². The number of nitrogens with zero attached hydrogens (tertiary/aromatic N) is 1. The van der Waals surface area contributed by atoms with Crippen LogP contribution in [0.25, 0.3) is 0 Å². The van der Waals surface area contributed by atoms with Crippen LogP contribution in [-0.2, 0) is 13.1 Å². The van der Waals surface area contributed by atoms with Crippen molar-refractivity contribution in [1.82, 2.24) is 5.32 Å². The minimum Gasteiger partial charge on any atom is -0.463 e. The molecule has 0 fully saturated rings. The fraction of sp³-hybridized carbons (Fsp3) is 0.444. The maximum Gasteiger partial charge on any atom is 0.123 e. The SMILES string of the molecule is Cc1ccc(N(C)Cc2ccc(CNCC(C)C)o2)cc1. The van der Waals surface area contributed by atoms with Gasteiger partial charge in [-0.05, 0) is 43.7 Å². The van der Waals surface area contributed by atoms with Crippen LogP contribution in [0.4, 0.5) is 5.69 Å². The minimum atomic E-state index is 0.659. The normalized spacial score (nSPS) is 11.1. The molecule has 3 heteroatoms. The third-order valence-corrected chi connectivity index (χ3v) is 3.44. The zero-order valence-corrected chi connectivity index (χ0v) is 13.5.